The second-order valence-electron chi connectivity index (χ2n) is 4.80. The molecule has 0 amide bonds. The number of nitrogens with zero attached hydrogens (tertiary/aromatic N) is 1. The Bertz CT molecular complexity index is 483. The van der Waals surface area contributed by atoms with Gasteiger partial charge in [0.25, 0.3) is 0 Å². The van der Waals surface area contributed by atoms with E-state index in [1.165, 1.54) is 6.26 Å². The molecule has 18 heavy (non-hydrogen) atoms. The van der Waals surface area contributed by atoms with Crippen molar-refractivity contribution in [3.8, 4) is 0 Å². The van der Waals surface area contributed by atoms with Crippen molar-refractivity contribution in [2.45, 2.75) is 30.2 Å². The molecule has 1 aliphatic rings. The number of rotatable bonds is 5. The van der Waals surface area contributed by atoms with Crippen LogP contribution < -0.4 is 5.32 Å². The second kappa shape index (κ2) is 5.34. The first kappa shape index (κ1) is 13.5. The highest BCUT2D eigenvalue weighted by Crippen LogP contribution is 2.26. The number of hydrogen-bond acceptors (Lipinski definition) is 5. The zero-order valence-corrected chi connectivity index (χ0v) is 11.1. The van der Waals surface area contributed by atoms with E-state index in [0.29, 0.717) is 25.1 Å². The normalized spacial score (nSPS) is 25.4. The Morgan fingerprint density at radius 1 is 1.50 bits per heavy atom. The zero-order valence-electron chi connectivity index (χ0n) is 10.3. The summed E-state index contributed by atoms with van der Waals surface area (Å²) in [6.45, 7) is 0.401. The van der Waals surface area contributed by atoms with Crippen molar-refractivity contribution >= 4 is 9.84 Å². The van der Waals surface area contributed by atoms with E-state index in [9.17, 15) is 13.5 Å². The maximum Gasteiger partial charge on any atom is 0.150 e. The van der Waals surface area contributed by atoms with E-state index in [0.717, 1.165) is 0 Å². The first-order valence-electron chi connectivity index (χ1n) is 5.98. The van der Waals surface area contributed by atoms with Crippen molar-refractivity contribution in [3.05, 3.63) is 30.1 Å². The molecule has 0 aromatic carbocycles. The molecule has 1 aromatic heterocycles. The third-order valence-electron chi connectivity index (χ3n) is 3.33. The summed E-state index contributed by atoms with van der Waals surface area (Å²) in [5.41, 5.74) is 0.629. The molecule has 1 aliphatic carbocycles. The highest BCUT2D eigenvalue weighted by molar-refractivity contribution is 7.91. The van der Waals surface area contributed by atoms with Gasteiger partial charge in [-0.1, -0.05) is 6.07 Å². The molecule has 0 saturated heterocycles. The quantitative estimate of drug-likeness (QED) is 0.803. The van der Waals surface area contributed by atoms with E-state index in [4.69, 9.17) is 0 Å². The number of aliphatic hydroxyl groups is 1. The molecular formula is C12H18N2O3S. The average Bonchev–Trinajstić information content (AvgIpc) is 2.26. The molecular weight excluding hydrogens is 252 g/mol. The molecule has 0 bridgehead atoms. The van der Waals surface area contributed by atoms with E-state index < -0.39 is 15.9 Å². The molecule has 2 N–H and O–H groups in total. The van der Waals surface area contributed by atoms with Crippen LogP contribution in [0.5, 0.6) is 0 Å². The first-order chi connectivity index (χ1) is 8.47. The Hall–Kier alpha value is -0.980. The number of nitrogens with one attached hydrogen (secondary N) is 1. The zero-order chi connectivity index (χ0) is 13.2. The lowest BCUT2D eigenvalue weighted by atomic mass is 9.92. The van der Waals surface area contributed by atoms with Gasteiger partial charge in [0.2, 0.25) is 0 Å². The summed E-state index contributed by atoms with van der Waals surface area (Å²) in [6.07, 6.45) is 3.53. The largest absolute Gasteiger partial charge is 0.385 e. The van der Waals surface area contributed by atoms with Crippen LogP contribution in [0.2, 0.25) is 0 Å². The van der Waals surface area contributed by atoms with E-state index in [-0.39, 0.29) is 11.3 Å². The van der Waals surface area contributed by atoms with Gasteiger partial charge in [-0.2, -0.15) is 0 Å². The Balaban J connectivity index is 1.75. The molecule has 1 unspecified atom stereocenters. The monoisotopic (exact) mass is 270 g/mol. The third-order valence-corrected chi connectivity index (χ3v) is 4.93. The molecule has 0 radical (unpaired) electrons. The molecule has 5 nitrogen and oxygen atoms in total. The number of aromatic nitrogens is 1. The summed E-state index contributed by atoms with van der Waals surface area (Å²) in [6, 6.07) is 5.58. The first-order valence-corrected chi connectivity index (χ1v) is 7.93. The second-order valence-corrected chi connectivity index (χ2v) is 7.12. The summed E-state index contributed by atoms with van der Waals surface area (Å²) in [7, 11) is -2.90. The smallest absolute Gasteiger partial charge is 0.150 e. The molecule has 6 heteroatoms. The van der Waals surface area contributed by atoms with Crippen LogP contribution in [0.25, 0.3) is 0 Å². The maximum absolute atomic E-state index is 11.2. The molecule has 1 fully saturated rings. The van der Waals surface area contributed by atoms with E-state index in [2.05, 4.69) is 10.3 Å². The fourth-order valence-electron chi connectivity index (χ4n) is 2.04. The van der Waals surface area contributed by atoms with Crippen LogP contribution in [-0.2, 0) is 9.84 Å². The molecule has 0 aliphatic heterocycles. The number of pyridine rings is 1. The third kappa shape index (κ3) is 3.28. The number of sulfone groups is 1. The molecule has 100 valence electrons. The van der Waals surface area contributed by atoms with Gasteiger partial charge in [-0.05, 0) is 25.0 Å². The van der Waals surface area contributed by atoms with Gasteiger partial charge in [-0.3, -0.25) is 4.98 Å². The van der Waals surface area contributed by atoms with Crippen LogP contribution >= 0.6 is 0 Å². The predicted octanol–water partition coefficient (Wildman–Crippen LogP) is 0.280. The van der Waals surface area contributed by atoms with E-state index in [1.54, 1.807) is 18.3 Å². The van der Waals surface area contributed by atoms with Crippen molar-refractivity contribution in [2.75, 3.05) is 12.8 Å². The van der Waals surface area contributed by atoms with Gasteiger partial charge in [0.15, 0.2) is 0 Å². The minimum Gasteiger partial charge on any atom is -0.385 e. The summed E-state index contributed by atoms with van der Waals surface area (Å²) >= 11 is 0. The van der Waals surface area contributed by atoms with Crippen LogP contribution in [0, 0.1) is 0 Å². The maximum atomic E-state index is 11.2. The lowest BCUT2D eigenvalue weighted by Gasteiger charge is -2.35. The van der Waals surface area contributed by atoms with Gasteiger partial charge in [0.1, 0.15) is 15.9 Å². The van der Waals surface area contributed by atoms with Gasteiger partial charge in [-0.15, -0.1) is 0 Å². The summed E-state index contributed by atoms with van der Waals surface area (Å²) < 4.78 is 22.5. The van der Waals surface area contributed by atoms with Crippen molar-refractivity contribution in [1.29, 1.82) is 0 Å². The minimum absolute atomic E-state index is 0.183. The van der Waals surface area contributed by atoms with E-state index in [1.807, 2.05) is 6.07 Å². The SMILES string of the molecule is CS(=O)(=O)C1CC(NCC(O)c2ccccn2)C1. The molecule has 1 aromatic rings. The minimum atomic E-state index is -2.90. The van der Waals surface area contributed by atoms with Crippen molar-refractivity contribution in [2.24, 2.45) is 0 Å². The average molecular weight is 270 g/mol. The van der Waals surface area contributed by atoms with Crippen LogP contribution in [0.15, 0.2) is 24.4 Å². The fraction of sp³-hybridized carbons (Fsp3) is 0.583. The van der Waals surface area contributed by atoms with Crippen LogP contribution in [0.4, 0.5) is 0 Å². The molecule has 1 saturated carbocycles. The highest BCUT2D eigenvalue weighted by atomic mass is 32.2. The topological polar surface area (TPSA) is 79.3 Å². The molecule has 0 spiro atoms. The Morgan fingerprint density at radius 3 is 2.78 bits per heavy atom. The number of aliphatic hydroxyl groups excluding tert-OH is 1. The summed E-state index contributed by atoms with van der Waals surface area (Å²) in [5.74, 6) is 0. The van der Waals surface area contributed by atoms with Crippen LogP contribution in [-0.4, -0.2) is 42.6 Å². The fourth-order valence-corrected chi connectivity index (χ4v) is 3.20. The van der Waals surface area contributed by atoms with Gasteiger partial charge in [-0.25, -0.2) is 8.42 Å². The van der Waals surface area contributed by atoms with Crippen molar-refractivity contribution in [3.63, 3.8) is 0 Å². The van der Waals surface area contributed by atoms with Crippen molar-refractivity contribution < 1.29 is 13.5 Å². The molecule has 2 rings (SSSR count). The van der Waals surface area contributed by atoms with Gasteiger partial charge in [0.05, 0.1) is 10.9 Å². The predicted molar refractivity (Wildman–Crippen MR) is 68.9 cm³/mol. The van der Waals surface area contributed by atoms with Crippen molar-refractivity contribution in [1.82, 2.24) is 10.3 Å². The lowest BCUT2D eigenvalue weighted by Crippen LogP contribution is -2.48. The lowest BCUT2D eigenvalue weighted by molar-refractivity contribution is 0.157. The number of hydrogen-bond donors (Lipinski definition) is 2. The van der Waals surface area contributed by atoms with Gasteiger partial charge < -0.3 is 10.4 Å². The summed E-state index contributed by atoms with van der Waals surface area (Å²) in [5, 5.41) is 12.8. The highest BCUT2D eigenvalue weighted by Gasteiger charge is 2.35. The standard InChI is InChI=1S/C12H18N2O3S/c1-18(16,17)10-6-9(7-10)14-8-12(15)11-4-2-3-5-13-11/h2-5,9-10,12,14-15H,6-8H2,1H3. The van der Waals surface area contributed by atoms with Crippen LogP contribution in [0.1, 0.15) is 24.6 Å². The Kier molecular flexibility index (Phi) is 3.99. The Labute approximate surface area is 107 Å². The van der Waals surface area contributed by atoms with Gasteiger partial charge >= 0.3 is 0 Å². The Morgan fingerprint density at radius 2 is 2.22 bits per heavy atom. The van der Waals surface area contributed by atoms with Crippen LogP contribution in [0.3, 0.4) is 0 Å². The van der Waals surface area contributed by atoms with Gasteiger partial charge in [0, 0.05) is 25.0 Å². The molecule has 1 atom stereocenters. The summed E-state index contributed by atoms with van der Waals surface area (Å²) in [4.78, 5) is 4.07. The van der Waals surface area contributed by atoms with E-state index >= 15 is 0 Å². The molecule has 1 heterocycles.